The number of alkyl halides is 3. The zero-order chi connectivity index (χ0) is 12.6. The summed E-state index contributed by atoms with van der Waals surface area (Å²) in [7, 11) is 0. The molecule has 0 radical (unpaired) electrons. The Labute approximate surface area is 93.3 Å². The van der Waals surface area contributed by atoms with E-state index in [1.54, 1.807) is 0 Å². The van der Waals surface area contributed by atoms with Gasteiger partial charge in [-0.25, -0.2) is 9.97 Å². The lowest BCUT2D eigenvalue weighted by molar-refractivity contribution is -0.141. The van der Waals surface area contributed by atoms with Crippen molar-refractivity contribution < 1.29 is 22.8 Å². The summed E-state index contributed by atoms with van der Waals surface area (Å²) in [5.74, 6) is -1.35. The largest absolute Gasteiger partial charge is 0.433 e. The molecule has 0 N–H and O–H groups in total. The Morgan fingerprint density at radius 1 is 1.29 bits per heavy atom. The Balaban J connectivity index is 2.34. The monoisotopic (exact) mass is 245 g/mol. The summed E-state index contributed by atoms with van der Waals surface area (Å²) in [6.45, 7) is -0.278. The molecule has 0 spiro atoms. The minimum Gasteiger partial charge on any atom is -0.297 e. The highest BCUT2D eigenvalue weighted by molar-refractivity contribution is 6.14. The van der Waals surface area contributed by atoms with Crippen molar-refractivity contribution in [3.05, 3.63) is 18.0 Å². The molecule has 1 saturated heterocycles. The first-order valence-electron chi connectivity index (χ1n) is 4.60. The number of anilines is 1. The number of amides is 1. The summed E-state index contributed by atoms with van der Waals surface area (Å²) in [4.78, 5) is 29.9. The van der Waals surface area contributed by atoms with Crippen molar-refractivity contribution in [3.8, 4) is 0 Å². The topological polar surface area (TPSA) is 63.2 Å². The molecule has 2 heterocycles. The molecule has 8 heteroatoms. The van der Waals surface area contributed by atoms with Gasteiger partial charge >= 0.3 is 6.18 Å². The summed E-state index contributed by atoms with van der Waals surface area (Å²) in [5, 5.41) is 0. The van der Waals surface area contributed by atoms with E-state index in [0.29, 0.717) is 6.07 Å². The molecule has 0 aromatic carbocycles. The van der Waals surface area contributed by atoms with Gasteiger partial charge in [-0.3, -0.25) is 14.5 Å². The van der Waals surface area contributed by atoms with Crippen molar-refractivity contribution >= 4 is 17.6 Å². The van der Waals surface area contributed by atoms with Crippen LogP contribution in [0.3, 0.4) is 0 Å². The fourth-order valence-electron chi connectivity index (χ4n) is 1.40. The third-order valence-electron chi connectivity index (χ3n) is 2.16. The molecule has 0 bridgehead atoms. The molecule has 90 valence electrons. The van der Waals surface area contributed by atoms with Crippen LogP contribution in [-0.4, -0.2) is 28.2 Å². The van der Waals surface area contributed by atoms with Crippen LogP contribution in [-0.2, 0) is 15.8 Å². The minimum atomic E-state index is -4.61. The molecule has 2 rings (SSSR count). The number of nitrogens with zero attached hydrogens (tertiary/aromatic N) is 3. The zero-order valence-electron chi connectivity index (χ0n) is 8.36. The molecule has 17 heavy (non-hydrogen) atoms. The smallest absolute Gasteiger partial charge is 0.297 e. The second-order valence-corrected chi connectivity index (χ2v) is 3.43. The third kappa shape index (κ3) is 2.24. The van der Waals surface area contributed by atoms with Gasteiger partial charge in [0.25, 0.3) is 0 Å². The summed E-state index contributed by atoms with van der Waals surface area (Å²) < 4.78 is 37.1. The molecular weight excluding hydrogens is 239 g/mol. The lowest BCUT2D eigenvalue weighted by Crippen LogP contribution is -2.27. The number of Topliss-reactive ketones (excluding diaryl/α,β-unsaturated/α-hetero) is 1. The van der Waals surface area contributed by atoms with E-state index in [-0.39, 0.29) is 18.7 Å². The van der Waals surface area contributed by atoms with Crippen molar-refractivity contribution in [2.75, 3.05) is 11.4 Å². The SMILES string of the molecule is O=C1CC(=O)N(c2nccc(C(F)(F)F)n2)C1. The van der Waals surface area contributed by atoms with E-state index in [0.717, 1.165) is 11.1 Å². The second-order valence-electron chi connectivity index (χ2n) is 3.43. The Bertz CT molecular complexity index is 487. The lowest BCUT2D eigenvalue weighted by Gasteiger charge is -2.13. The third-order valence-corrected chi connectivity index (χ3v) is 2.16. The van der Waals surface area contributed by atoms with Crippen LogP contribution >= 0.6 is 0 Å². The molecule has 1 aliphatic rings. The number of carbonyl (C=O) groups is 2. The second kappa shape index (κ2) is 3.79. The van der Waals surface area contributed by atoms with Crippen LogP contribution in [0, 0.1) is 0 Å². The summed E-state index contributed by atoms with van der Waals surface area (Å²) in [6, 6.07) is 0.700. The van der Waals surface area contributed by atoms with Crippen LogP contribution in [0.25, 0.3) is 0 Å². The molecule has 1 amide bonds. The first-order valence-corrected chi connectivity index (χ1v) is 4.60. The standard InChI is InChI=1S/C9H6F3N3O2/c10-9(11,12)6-1-2-13-8(14-6)15-4-5(16)3-7(15)17/h1-2H,3-4H2. The van der Waals surface area contributed by atoms with Crippen molar-refractivity contribution in [2.45, 2.75) is 12.6 Å². The van der Waals surface area contributed by atoms with Gasteiger partial charge in [0.2, 0.25) is 11.9 Å². The van der Waals surface area contributed by atoms with E-state index in [2.05, 4.69) is 9.97 Å². The molecule has 1 aromatic rings. The predicted molar refractivity (Wildman–Crippen MR) is 49.0 cm³/mol. The lowest BCUT2D eigenvalue weighted by atomic mass is 10.3. The van der Waals surface area contributed by atoms with E-state index in [4.69, 9.17) is 0 Å². The van der Waals surface area contributed by atoms with Crippen molar-refractivity contribution in [3.63, 3.8) is 0 Å². The van der Waals surface area contributed by atoms with Crippen LogP contribution in [0.2, 0.25) is 0 Å². The fourth-order valence-corrected chi connectivity index (χ4v) is 1.40. The number of rotatable bonds is 1. The number of halogens is 3. The minimum absolute atomic E-state index is 0.278. The van der Waals surface area contributed by atoms with Crippen LogP contribution in [0.15, 0.2) is 12.3 Å². The average Bonchev–Trinajstić information content (AvgIpc) is 2.57. The maximum atomic E-state index is 12.4. The van der Waals surface area contributed by atoms with Crippen LogP contribution in [0.4, 0.5) is 19.1 Å². The van der Waals surface area contributed by atoms with E-state index < -0.39 is 23.7 Å². The quantitative estimate of drug-likeness (QED) is 0.686. The van der Waals surface area contributed by atoms with E-state index >= 15 is 0 Å². The maximum Gasteiger partial charge on any atom is 0.433 e. The van der Waals surface area contributed by atoms with Gasteiger partial charge in [-0.15, -0.1) is 0 Å². The molecule has 0 unspecified atom stereocenters. The maximum absolute atomic E-state index is 12.4. The number of hydrogen-bond donors (Lipinski definition) is 0. The van der Waals surface area contributed by atoms with Gasteiger partial charge in [-0.05, 0) is 6.07 Å². The average molecular weight is 245 g/mol. The van der Waals surface area contributed by atoms with E-state index in [9.17, 15) is 22.8 Å². The molecule has 0 aliphatic carbocycles. The summed E-state index contributed by atoms with van der Waals surface area (Å²) in [6.07, 6.45) is -4.02. The Kier molecular flexibility index (Phi) is 2.56. The highest BCUT2D eigenvalue weighted by Crippen LogP contribution is 2.28. The molecule has 5 nitrogen and oxygen atoms in total. The Morgan fingerprint density at radius 3 is 2.53 bits per heavy atom. The van der Waals surface area contributed by atoms with Crippen LogP contribution in [0.1, 0.15) is 12.1 Å². The number of ketones is 1. The van der Waals surface area contributed by atoms with Crippen LogP contribution < -0.4 is 4.90 Å². The molecule has 1 aromatic heterocycles. The van der Waals surface area contributed by atoms with E-state index in [1.807, 2.05) is 0 Å². The number of aromatic nitrogens is 2. The first kappa shape index (κ1) is 11.5. The molecular formula is C9H6F3N3O2. The summed E-state index contributed by atoms with van der Waals surface area (Å²) in [5.41, 5.74) is -1.14. The molecule has 0 atom stereocenters. The van der Waals surface area contributed by atoms with Crippen molar-refractivity contribution in [2.24, 2.45) is 0 Å². The van der Waals surface area contributed by atoms with Gasteiger partial charge in [0.05, 0.1) is 13.0 Å². The molecule has 0 saturated carbocycles. The van der Waals surface area contributed by atoms with Gasteiger partial charge in [-0.2, -0.15) is 13.2 Å². The van der Waals surface area contributed by atoms with Gasteiger partial charge in [0, 0.05) is 6.20 Å². The number of carbonyl (C=O) groups excluding carboxylic acids is 2. The highest BCUT2D eigenvalue weighted by Gasteiger charge is 2.35. The van der Waals surface area contributed by atoms with Gasteiger partial charge in [-0.1, -0.05) is 0 Å². The van der Waals surface area contributed by atoms with Gasteiger partial charge in [0.1, 0.15) is 5.69 Å². The van der Waals surface area contributed by atoms with Crippen molar-refractivity contribution in [1.29, 1.82) is 0 Å². The van der Waals surface area contributed by atoms with Gasteiger partial charge < -0.3 is 0 Å². The zero-order valence-corrected chi connectivity index (χ0v) is 8.36. The van der Waals surface area contributed by atoms with Crippen molar-refractivity contribution in [1.82, 2.24) is 9.97 Å². The Hall–Kier alpha value is -1.99. The Morgan fingerprint density at radius 2 is 2.00 bits per heavy atom. The fraction of sp³-hybridized carbons (Fsp3) is 0.333. The van der Waals surface area contributed by atoms with Gasteiger partial charge in [0.15, 0.2) is 5.78 Å². The normalized spacial score (nSPS) is 16.8. The molecule has 1 aliphatic heterocycles. The van der Waals surface area contributed by atoms with Crippen LogP contribution in [0.5, 0.6) is 0 Å². The highest BCUT2D eigenvalue weighted by atomic mass is 19.4. The first-order chi connectivity index (χ1) is 7.88. The molecule has 1 fully saturated rings. The van der Waals surface area contributed by atoms with E-state index in [1.165, 1.54) is 0 Å². The predicted octanol–water partition coefficient (Wildman–Crippen LogP) is 0.801. The number of hydrogen-bond acceptors (Lipinski definition) is 4. The summed E-state index contributed by atoms with van der Waals surface area (Å²) >= 11 is 0.